The van der Waals surface area contributed by atoms with Gasteiger partial charge in [-0.15, -0.1) is 0 Å². The Morgan fingerprint density at radius 1 is 0.480 bits per heavy atom. The summed E-state index contributed by atoms with van der Waals surface area (Å²) in [4.78, 5) is 0. The van der Waals surface area contributed by atoms with Crippen LogP contribution in [0.25, 0.3) is 43.1 Å². The Balaban J connectivity index is 1.88. The summed E-state index contributed by atoms with van der Waals surface area (Å²) in [5.74, 6) is 1.66. The Kier molecular flexibility index (Phi) is 2.43. The van der Waals surface area contributed by atoms with Gasteiger partial charge in [-0.3, -0.25) is 0 Å². The first-order valence-corrected chi connectivity index (χ1v) is 8.45. The summed E-state index contributed by atoms with van der Waals surface area (Å²) in [6.07, 6.45) is 0. The van der Waals surface area contributed by atoms with E-state index in [0.717, 1.165) is 11.5 Å². The third-order valence-corrected chi connectivity index (χ3v) is 5.19. The molecule has 0 aromatic heterocycles. The molecule has 0 aliphatic carbocycles. The van der Waals surface area contributed by atoms with Gasteiger partial charge in [0.1, 0.15) is 0 Å². The normalized spacial score (nSPS) is 13.3. The van der Waals surface area contributed by atoms with Crippen LogP contribution in [0.5, 0.6) is 11.5 Å². The van der Waals surface area contributed by atoms with E-state index in [-0.39, 0.29) is 0 Å². The maximum atomic E-state index is 5.55. The van der Waals surface area contributed by atoms with E-state index in [1.807, 2.05) is 0 Å². The molecule has 0 fully saturated rings. The molecule has 0 amide bonds. The third-order valence-electron chi connectivity index (χ3n) is 5.19. The van der Waals surface area contributed by atoms with Crippen LogP contribution in [0.2, 0.25) is 0 Å². The highest BCUT2D eigenvalue weighted by Gasteiger charge is 2.15. The summed E-state index contributed by atoms with van der Waals surface area (Å²) < 4.78 is 11.1. The van der Waals surface area contributed by atoms with Gasteiger partial charge in [-0.2, -0.15) is 0 Å². The van der Waals surface area contributed by atoms with Crippen LogP contribution in [0.4, 0.5) is 0 Å². The Morgan fingerprint density at radius 2 is 0.880 bits per heavy atom. The third kappa shape index (κ3) is 1.74. The second kappa shape index (κ2) is 4.64. The predicted molar refractivity (Wildman–Crippen MR) is 103 cm³/mol. The minimum atomic E-state index is 0.303. The molecule has 2 heteroatoms. The van der Waals surface area contributed by atoms with E-state index in [4.69, 9.17) is 9.47 Å². The molecule has 1 aliphatic heterocycles. The minimum Gasteiger partial charge on any atom is -0.454 e. The van der Waals surface area contributed by atoms with Crippen molar-refractivity contribution in [2.75, 3.05) is 6.79 Å². The number of hydrogen-bond donors (Lipinski definition) is 0. The van der Waals surface area contributed by atoms with Gasteiger partial charge in [0.05, 0.1) is 0 Å². The molecule has 0 atom stereocenters. The molecular weight excluding hydrogens is 308 g/mol. The molecule has 6 rings (SSSR count). The van der Waals surface area contributed by atoms with Crippen molar-refractivity contribution in [1.29, 1.82) is 0 Å². The summed E-state index contributed by atoms with van der Waals surface area (Å²) in [7, 11) is 0. The predicted octanol–water partition coefficient (Wildman–Crippen LogP) is 6.03. The van der Waals surface area contributed by atoms with E-state index in [2.05, 4.69) is 72.8 Å². The van der Waals surface area contributed by atoms with E-state index in [0.29, 0.717) is 6.79 Å². The molecule has 0 unspecified atom stereocenters. The Labute approximate surface area is 144 Å². The lowest BCUT2D eigenvalue weighted by atomic mass is 9.92. The molecule has 0 saturated carbocycles. The van der Waals surface area contributed by atoms with Crippen LogP contribution >= 0.6 is 0 Å². The molecule has 0 spiro atoms. The Bertz CT molecular complexity index is 1220. The van der Waals surface area contributed by atoms with E-state index < -0.39 is 0 Å². The summed E-state index contributed by atoms with van der Waals surface area (Å²) in [6, 6.07) is 26.0. The number of ether oxygens (including phenoxy) is 2. The van der Waals surface area contributed by atoms with E-state index >= 15 is 0 Å². The monoisotopic (exact) mass is 322 g/mol. The standard InChI is InChI=1S/C23H14O2/c1-3-7-18-16(5-1)17-6-2-4-8-19(17)21-10-15-12-23-22(24-13-25-23)11-14(15)9-20(18)21/h1-12H,13H2. The van der Waals surface area contributed by atoms with E-state index in [1.54, 1.807) is 0 Å². The van der Waals surface area contributed by atoms with Gasteiger partial charge in [0.25, 0.3) is 0 Å². The molecule has 1 heterocycles. The van der Waals surface area contributed by atoms with Crippen LogP contribution in [0.15, 0.2) is 72.8 Å². The van der Waals surface area contributed by atoms with E-state index in [1.165, 1.54) is 43.1 Å². The maximum absolute atomic E-state index is 5.55. The fraction of sp³-hybridized carbons (Fsp3) is 0.0435. The van der Waals surface area contributed by atoms with Crippen molar-refractivity contribution in [3.05, 3.63) is 72.8 Å². The summed E-state index contributed by atoms with van der Waals surface area (Å²) in [5.41, 5.74) is 0. The lowest BCUT2D eigenvalue weighted by Gasteiger charge is -2.12. The lowest BCUT2D eigenvalue weighted by Crippen LogP contribution is -1.92. The van der Waals surface area contributed by atoms with Crippen molar-refractivity contribution in [2.24, 2.45) is 0 Å². The molecule has 2 nitrogen and oxygen atoms in total. The van der Waals surface area contributed by atoms with Gasteiger partial charge in [0.2, 0.25) is 6.79 Å². The second-order valence-electron chi connectivity index (χ2n) is 6.54. The van der Waals surface area contributed by atoms with Gasteiger partial charge in [-0.25, -0.2) is 0 Å². The van der Waals surface area contributed by atoms with Crippen molar-refractivity contribution in [3.63, 3.8) is 0 Å². The van der Waals surface area contributed by atoms with Crippen molar-refractivity contribution in [1.82, 2.24) is 0 Å². The Hall–Kier alpha value is -3.26. The van der Waals surface area contributed by atoms with Crippen molar-refractivity contribution in [3.8, 4) is 11.5 Å². The zero-order chi connectivity index (χ0) is 16.4. The van der Waals surface area contributed by atoms with Gasteiger partial charge >= 0.3 is 0 Å². The lowest BCUT2D eigenvalue weighted by molar-refractivity contribution is 0.174. The number of rotatable bonds is 0. The average molecular weight is 322 g/mol. The maximum Gasteiger partial charge on any atom is 0.231 e. The second-order valence-corrected chi connectivity index (χ2v) is 6.54. The number of benzene rings is 5. The fourth-order valence-corrected chi connectivity index (χ4v) is 4.04. The van der Waals surface area contributed by atoms with Crippen LogP contribution in [-0.4, -0.2) is 6.79 Å². The van der Waals surface area contributed by atoms with Gasteiger partial charge in [0.15, 0.2) is 11.5 Å². The molecule has 118 valence electrons. The fourth-order valence-electron chi connectivity index (χ4n) is 4.04. The summed E-state index contributed by atoms with van der Waals surface area (Å²) in [5, 5.41) is 10.1. The van der Waals surface area contributed by atoms with Crippen LogP contribution < -0.4 is 9.47 Å². The molecule has 0 radical (unpaired) electrons. The average Bonchev–Trinajstić information content (AvgIpc) is 3.12. The zero-order valence-corrected chi connectivity index (χ0v) is 13.5. The van der Waals surface area contributed by atoms with Crippen LogP contribution in [-0.2, 0) is 0 Å². The van der Waals surface area contributed by atoms with Gasteiger partial charge < -0.3 is 9.47 Å². The molecule has 0 saturated heterocycles. The van der Waals surface area contributed by atoms with E-state index in [9.17, 15) is 0 Å². The molecule has 5 aromatic carbocycles. The molecule has 0 N–H and O–H groups in total. The number of hydrogen-bond acceptors (Lipinski definition) is 2. The Morgan fingerprint density at radius 3 is 1.32 bits per heavy atom. The highest BCUT2D eigenvalue weighted by molar-refractivity contribution is 6.27. The van der Waals surface area contributed by atoms with Gasteiger partial charge in [-0.1, -0.05) is 48.5 Å². The molecule has 25 heavy (non-hydrogen) atoms. The largest absolute Gasteiger partial charge is 0.454 e. The molecule has 0 bridgehead atoms. The van der Waals surface area contributed by atoms with Crippen molar-refractivity contribution in [2.45, 2.75) is 0 Å². The topological polar surface area (TPSA) is 18.5 Å². The van der Waals surface area contributed by atoms with Crippen molar-refractivity contribution >= 4 is 43.1 Å². The van der Waals surface area contributed by atoms with Crippen LogP contribution in [0.3, 0.4) is 0 Å². The summed E-state index contributed by atoms with van der Waals surface area (Å²) >= 11 is 0. The molecule has 5 aromatic rings. The van der Waals surface area contributed by atoms with Crippen LogP contribution in [0.1, 0.15) is 0 Å². The van der Waals surface area contributed by atoms with Crippen LogP contribution in [0, 0.1) is 0 Å². The minimum absolute atomic E-state index is 0.303. The highest BCUT2D eigenvalue weighted by Crippen LogP contribution is 2.41. The summed E-state index contributed by atoms with van der Waals surface area (Å²) in [6.45, 7) is 0.303. The van der Waals surface area contributed by atoms with Crippen molar-refractivity contribution < 1.29 is 9.47 Å². The first-order chi connectivity index (χ1) is 12.4. The molecular formula is C23H14O2. The van der Waals surface area contributed by atoms with Gasteiger partial charge in [-0.05, 0) is 67.4 Å². The first kappa shape index (κ1) is 13.1. The van der Waals surface area contributed by atoms with Gasteiger partial charge in [0, 0.05) is 0 Å². The molecule has 1 aliphatic rings. The quantitative estimate of drug-likeness (QED) is 0.256. The number of fused-ring (bicyclic) bond motifs is 8. The highest BCUT2D eigenvalue weighted by atomic mass is 16.7. The SMILES string of the molecule is c1ccc2c(c1)c1ccccc1c1cc3cc4c(cc3cc21)OCO4. The smallest absolute Gasteiger partial charge is 0.231 e. The zero-order valence-electron chi connectivity index (χ0n) is 13.5. The first-order valence-electron chi connectivity index (χ1n) is 8.45.